The molecule has 0 saturated heterocycles. The van der Waals surface area contributed by atoms with Crippen molar-refractivity contribution in [2.24, 2.45) is 0 Å². The number of halogens is 1. The first-order valence-electron chi connectivity index (χ1n) is 3.73. The first-order valence-corrected chi connectivity index (χ1v) is 6.44. The van der Waals surface area contributed by atoms with Gasteiger partial charge < -0.3 is 0 Å². The Bertz CT molecular complexity index is 588. The zero-order chi connectivity index (χ0) is 10.3. The van der Waals surface area contributed by atoms with Crippen LogP contribution in [-0.2, 0) is 9.84 Å². The van der Waals surface area contributed by atoms with Crippen molar-refractivity contribution in [3.63, 3.8) is 0 Å². The number of benzene rings is 1. The fraction of sp³-hybridized carbons (Fsp3) is 0.125. The summed E-state index contributed by atoms with van der Waals surface area (Å²) < 4.78 is 35.9. The molecule has 0 aliphatic heterocycles. The zero-order valence-corrected chi connectivity index (χ0v) is 8.82. The molecule has 1 aromatic carbocycles. The van der Waals surface area contributed by atoms with Crippen molar-refractivity contribution in [1.82, 2.24) is 4.98 Å². The molecule has 1 aromatic heterocycles. The van der Waals surface area contributed by atoms with Gasteiger partial charge in [0.25, 0.3) is 0 Å². The van der Waals surface area contributed by atoms with E-state index >= 15 is 0 Å². The molecule has 0 aliphatic rings. The van der Waals surface area contributed by atoms with Crippen LogP contribution >= 0.6 is 11.3 Å². The molecule has 0 N–H and O–H groups in total. The number of rotatable bonds is 1. The lowest BCUT2D eigenvalue weighted by molar-refractivity contribution is 0.601. The molecule has 1 heterocycles. The minimum absolute atomic E-state index is 0.0439. The van der Waals surface area contributed by atoms with Gasteiger partial charge in [-0.15, -0.1) is 11.3 Å². The lowest BCUT2D eigenvalue weighted by Crippen LogP contribution is -1.95. The third-order valence-electron chi connectivity index (χ3n) is 1.67. The smallest absolute Gasteiger partial charge is 0.210 e. The summed E-state index contributed by atoms with van der Waals surface area (Å²) in [6.45, 7) is 0. The van der Waals surface area contributed by atoms with E-state index in [-0.39, 0.29) is 9.86 Å². The summed E-state index contributed by atoms with van der Waals surface area (Å²) in [4.78, 5) is 3.74. The molecule has 2 rings (SSSR count). The van der Waals surface area contributed by atoms with Crippen LogP contribution in [0.2, 0.25) is 0 Å². The first kappa shape index (κ1) is 9.54. The maximum Gasteiger partial charge on any atom is 0.210 e. The SMILES string of the molecule is CS(=O)(=O)c1nc2c(F)cccc2s1. The van der Waals surface area contributed by atoms with E-state index in [9.17, 15) is 12.8 Å². The fourth-order valence-electron chi connectivity index (χ4n) is 1.05. The standard InChI is InChI=1S/C8H6FNO2S2/c1-14(11,12)8-10-7-5(9)3-2-4-6(7)13-8/h2-4H,1H3. The van der Waals surface area contributed by atoms with Crippen molar-refractivity contribution in [2.75, 3.05) is 6.26 Å². The number of hydrogen-bond donors (Lipinski definition) is 0. The van der Waals surface area contributed by atoms with Crippen LogP contribution in [0.25, 0.3) is 10.2 Å². The van der Waals surface area contributed by atoms with Crippen LogP contribution < -0.4 is 0 Å². The second kappa shape index (κ2) is 2.99. The van der Waals surface area contributed by atoms with Crippen molar-refractivity contribution in [1.29, 1.82) is 0 Å². The molecule has 0 aliphatic carbocycles. The van der Waals surface area contributed by atoms with Crippen LogP contribution in [0.15, 0.2) is 22.5 Å². The van der Waals surface area contributed by atoms with E-state index in [1.165, 1.54) is 12.1 Å². The predicted molar refractivity (Wildman–Crippen MR) is 52.7 cm³/mol. The van der Waals surface area contributed by atoms with Crippen molar-refractivity contribution in [2.45, 2.75) is 4.34 Å². The van der Waals surface area contributed by atoms with Crippen LogP contribution in [0.5, 0.6) is 0 Å². The quantitative estimate of drug-likeness (QED) is 0.752. The molecule has 0 bridgehead atoms. The van der Waals surface area contributed by atoms with E-state index in [1.807, 2.05) is 0 Å². The molecule has 3 nitrogen and oxygen atoms in total. The number of hydrogen-bond acceptors (Lipinski definition) is 4. The molecule has 2 aromatic rings. The summed E-state index contributed by atoms with van der Waals surface area (Å²) in [6, 6.07) is 4.43. The molecular weight excluding hydrogens is 225 g/mol. The number of sulfone groups is 1. The van der Waals surface area contributed by atoms with Gasteiger partial charge in [0, 0.05) is 6.26 Å². The summed E-state index contributed by atoms with van der Waals surface area (Å²) in [5.41, 5.74) is 0.123. The Morgan fingerprint density at radius 1 is 1.43 bits per heavy atom. The summed E-state index contributed by atoms with van der Waals surface area (Å²) >= 11 is 0.979. The van der Waals surface area contributed by atoms with Crippen LogP contribution in [-0.4, -0.2) is 19.7 Å². The highest BCUT2D eigenvalue weighted by atomic mass is 32.2. The van der Waals surface area contributed by atoms with Crippen molar-refractivity contribution >= 4 is 31.4 Å². The van der Waals surface area contributed by atoms with Crippen molar-refractivity contribution < 1.29 is 12.8 Å². The summed E-state index contributed by atoms with van der Waals surface area (Å²) in [6.07, 6.45) is 1.06. The van der Waals surface area contributed by atoms with E-state index in [4.69, 9.17) is 0 Å². The van der Waals surface area contributed by atoms with Crippen LogP contribution in [0.1, 0.15) is 0 Å². The Kier molecular flexibility index (Phi) is 2.04. The van der Waals surface area contributed by atoms with Gasteiger partial charge in [-0.25, -0.2) is 17.8 Å². The maximum atomic E-state index is 13.1. The highest BCUT2D eigenvalue weighted by molar-refractivity contribution is 7.92. The number of nitrogens with zero attached hydrogens (tertiary/aromatic N) is 1. The van der Waals surface area contributed by atoms with E-state index in [2.05, 4.69) is 4.98 Å². The van der Waals surface area contributed by atoms with Gasteiger partial charge in [-0.1, -0.05) is 6.07 Å². The lowest BCUT2D eigenvalue weighted by Gasteiger charge is -1.87. The zero-order valence-electron chi connectivity index (χ0n) is 7.19. The number of fused-ring (bicyclic) bond motifs is 1. The van der Waals surface area contributed by atoms with Gasteiger partial charge in [0.1, 0.15) is 11.3 Å². The Morgan fingerprint density at radius 2 is 2.14 bits per heavy atom. The first-order chi connectivity index (χ1) is 6.48. The lowest BCUT2D eigenvalue weighted by atomic mass is 10.3. The molecule has 74 valence electrons. The minimum Gasteiger partial charge on any atom is -0.222 e. The number of thiazole rings is 1. The topological polar surface area (TPSA) is 47.0 Å². The molecule has 0 unspecified atom stereocenters. The third kappa shape index (κ3) is 1.51. The minimum atomic E-state index is -3.34. The molecule has 0 amide bonds. The highest BCUT2D eigenvalue weighted by Crippen LogP contribution is 2.26. The molecule has 0 spiro atoms. The maximum absolute atomic E-state index is 13.1. The molecule has 14 heavy (non-hydrogen) atoms. The van der Waals surface area contributed by atoms with Gasteiger partial charge in [0.15, 0.2) is 0 Å². The summed E-state index contributed by atoms with van der Waals surface area (Å²) in [5.74, 6) is -0.492. The van der Waals surface area contributed by atoms with Crippen molar-refractivity contribution in [3.8, 4) is 0 Å². The molecule has 0 saturated carbocycles. The van der Waals surface area contributed by atoms with Crippen LogP contribution in [0, 0.1) is 5.82 Å². The third-order valence-corrected chi connectivity index (χ3v) is 4.37. The monoisotopic (exact) mass is 231 g/mol. The van der Waals surface area contributed by atoms with Gasteiger partial charge in [-0.3, -0.25) is 0 Å². The van der Waals surface area contributed by atoms with Crippen LogP contribution in [0.3, 0.4) is 0 Å². The molecular formula is C8H6FNO2S2. The molecule has 0 fully saturated rings. The Labute approximate surface area is 84.1 Å². The Morgan fingerprint density at radius 3 is 2.71 bits per heavy atom. The van der Waals surface area contributed by atoms with Gasteiger partial charge in [0.05, 0.1) is 4.70 Å². The second-order valence-electron chi connectivity index (χ2n) is 2.84. The Hall–Kier alpha value is -1.01. The van der Waals surface area contributed by atoms with E-state index in [0.717, 1.165) is 17.6 Å². The van der Waals surface area contributed by atoms with Gasteiger partial charge in [0.2, 0.25) is 14.2 Å². The summed E-state index contributed by atoms with van der Waals surface area (Å²) in [5, 5.41) is 0. The van der Waals surface area contributed by atoms with E-state index in [1.54, 1.807) is 6.07 Å². The molecule has 0 atom stereocenters. The average molecular weight is 231 g/mol. The number of aromatic nitrogens is 1. The second-order valence-corrected chi connectivity index (χ2v) is 6.06. The fourth-order valence-corrected chi connectivity index (χ4v) is 2.90. The number of para-hydroxylation sites is 1. The Balaban J connectivity index is 2.81. The molecule has 0 radical (unpaired) electrons. The van der Waals surface area contributed by atoms with Crippen molar-refractivity contribution in [3.05, 3.63) is 24.0 Å². The van der Waals surface area contributed by atoms with Gasteiger partial charge in [-0.05, 0) is 12.1 Å². The van der Waals surface area contributed by atoms with Gasteiger partial charge in [-0.2, -0.15) is 0 Å². The average Bonchev–Trinajstić information content (AvgIpc) is 2.48. The highest BCUT2D eigenvalue weighted by Gasteiger charge is 2.15. The normalized spacial score (nSPS) is 12.1. The van der Waals surface area contributed by atoms with Gasteiger partial charge >= 0.3 is 0 Å². The largest absolute Gasteiger partial charge is 0.222 e. The van der Waals surface area contributed by atoms with E-state index < -0.39 is 15.7 Å². The molecule has 6 heteroatoms. The van der Waals surface area contributed by atoms with Crippen LogP contribution in [0.4, 0.5) is 4.39 Å². The van der Waals surface area contributed by atoms with E-state index in [0.29, 0.717) is 4.70 Å². The summed E-state index contributed by atoms with van der Waals surface area (Å²) in [7, 11) is -3.34. The predicted octanol–water partition coefficient (Wildman–Crippen LogP) is 1.84.